The molecule has 0 spiro atoms. The molecular weight excluding hydrogens is 352 g/mol. The van der Waals surface area contributed by atoms with Crippen molar-refractivity contribution in [1.82, 2.24) is 0 Å². The Morgan fingerprint density at radius 1 is 1.14 bits per heavy atom. The largest absolute Gasteiger partial charge is 0.450 e. The van der Waals surface area contributed by atoms with Crippen LogP contribution in [0.4, 0.5) is 0 Å². The summed E-state index contributed by atoms with van der Waals surface area (Å²) in [7, 11) is 0. The zero-order valence-electron chi connectivity index (χ0n) is 17.5. The molecule has 4 aliphatic rings. The molecule has 0 N–H and O–H groups in total. The minimum atomic E-state index is -0.967. The van der Waals surface area contributed by atoms with Gasteiger partial charge in [-0.1, -0.05) is 32.4 Å². The molecule has 0 unspecified atom stereocenters. The first kappa shape index (κ1) is 19.6. The standard InChI is InChI=1S/C24H32O4/c1-5-21(27)28-24(15(2)25)13-10-20-18-7-6-16-14-17(26)8-11-22(16,3)19(18)9-12-23(20,24)4/h8,11,14,18-20H,5-7,9-10,12-13H2,1-4H3/t18-,19+,20+,22+,23+,24+/m1/s1. The predicted molar refractivity (Wildman–Crippen MR) is 106 cm³/mol. The molecule has 4 aliphatic carbocycles. The van der Waals surface area contributed by atoms with E-state index in [2.05, 4.69) is 19.9 Å². The highest BCUT2D eigenvalue weighted by atomic mass is 16.6. The van der Waals surface area contributed by atoms with Gasteiger partial charge in [-0.2, -0.15) is 0 Å². The van der Waals surface area contributed by atoms with Gasteiger partial charge in [-0.15, -0.1) is 0 Å². The fraction of sp³-hybridized carbons (Fsp3) is 0.708. The molecule has 0 bridgehead atoms. The molecule has 4 nitrogen and oxygen atoms in total. The van der Waals surface area contributed by atoms with E-state index in [-0.39, 0.29) is 28.4 Å². The van der Waals surface area contributed by atoms with Gasteiger partial charge >= 0.3 is 5.97 Å². The summed E-state index contributed by atoms with van der Waals surface area (Å²) in [6.07, 6.45) is 11.5. The SMILES string of the molecule is CCC(=O)O[C@]1(C(C)=O)CC[C@H]2[C@@H]3CCC4=CC(=O)C=C[C@]4(C)[C@H]3CC[C@@]21C. The molecular formula is C24H32O4. The van der Waals surface area contributed by atoms with E-state index in [0.29, 0.717) is 30.6 Å². The summed E-state index contributed by atoms with van der Waals surface area (Å²) in [5.41, 5.74) is -0.0420. The Labute approximate surface area is 167 Å². The number of hydrogen-bond acceptors (Lipinski definition) is 4. The van der Waals surface area contributed by atoms with Crippen LogP contribution >= 0.6 is 0 Å². The fourth-order valence-electron chi connectivity index (χ4n) is 7.28. The molecule has 0 aromatic heterocycles. The molecule has 3 fully saturated rings. The number of fused-ring (bicyclic) bond motifs is 5. The van der Waals surface area contributed by atoms with Crippen LogP contribution in [0.2, 0.25) is 0 Å². The number of allylic oxidation sites excluding steroid dienone is 4. The molecule has 0 amide bonds. The maximum Gasteiger partial charge on any atom is 0.306 e. The topological polar surface area (TPSA) is 60.4 Å². The van der Waals surface area contributed by atoms with Gasteiger partial charge in [0.1, 0.15) is 0 Å². The van der Waals surface area contributed by atoms with Crippen LogP contribution in [-0.2, 0) is 19.1 Å². The Balaban J connectivity index is 1.70. The van der Waals surface area contributed by atoms with Gasteiger partial charge in [-0.3, -0.25) is 14.4 Å². The third-order valence-corrected chi connectivity index (χ3v) is 8.82. The van der Waals surface area contributed by atoms with Crippen molar-refractivity contribution in [1.29, 1.82) is 0 Å². The van der Waals surface area contributed by atoms with Gasteiger partial charge in [-0.25, -0.2) is 0 Å². The van der Waals surface area contributed by atoms with Crippen LogP contribution in [0.25, 0.3) is 0 Å². The van der Waals surface area contributed by atoms with E-state index < -0.39 is 5.60 Å². The Hall–Kier alpha value is -1.71. The molecule has 4 rings (SSSR count). The molecule has 28 heavy (non-hydrogen) atoms. The van der Waals surface area contributed by atoms with Crippen molar-refractivity contribution in [3.8, 4) is 0 Å². The van der Waals surface area contributed by atoms with Crippen molar-refractivity contribution < 1.29 is 19.1 Å². The Kier molecular flexibility index (Phi) is 4.48. The summed E-state index contributed by atoms with van der Waals surface area (Å²) in [5.74, 6) is 1.20. The van der Waals surface area contributed by atoms with Gasteiger partial charge in [0.05, 0.1) is 0 Å². The minimum absolute atomic E-state index is 0.00325. The second kappa shape index (κ2) is 6.40. The highest BCUT2D eigenvalue weighted by Crippen LogP contribution is 2.67. The van der Waals surface area contributed by atoms with E-state index in [1.165, 1.54) is 5.57 Å². The second-order valence-electron chi connectivity index (χ2n) is 9.81. The summed E-state index contributed by atoms with van der Waals surface area (Å²) < 4.78 is 5.95. The number of Topliss-reactive ketones (excluding diaryl/α,β-unsaturated/α-hetero) is 1. The third-order valence-electron chi connectivity index (χ3n) is 8.82. The van der Waals surface area contributed by atoms with Crippen LogP contribution in [0.1, 0.15) is 72.6 Å². The Bertz CT molecular complexity index is 792. The lowest BCUT2D eigenvalue weighted by atomic mass is 9.47. The number of carbonyl (C=O) groups excluding carboxylic acids is 3. The summed E-state index contributed by atoms with van der Waals surface area (Å²) >= 11 is 0. The van der Waals surface area contributed by atoms with Crippen molar-refractivity contribution in [2.75, 3.05) is 0 Å². The number of hydrogen-bond donors (Lipinski definition) is 0. The first-order valence-corrected chi connectivity index (χ1v) is 10.8. The van der Waals surface area contributed by atoms with Crippen molar-refractivity contribution in [2.45, 2.75) is 78.2 Å². The van der Waals surface area contributed by atoms with Crippen LogP contribution in [0, 0.1) is 28.6 Å². The van der Waals surface area contributed by atoms with Crippen molar-refractivity contribution in [3.63, 3.8) is 0 Å². The van der Waals surface area contributed by atoms with Gasteiger partial charge in [0.25, 0.3) is 0 Å². The zero-order valence-corrected chi connectivity index (χ0v) is 17.5. The first-order chi connectivity index (χ1) is 13.2. The average molecular weight is 385 g/mol. The summed E-state index contributed by atoms with van der Waals surface area (Å²) in [6, 6.07) is 0. The normalized spacial score (nSPS) is 44.2. The third kappa shape index (κ3) is 2.45. The predicted octanol–water partition coefficient (Wildman–Crippen LogP) is 4.58. The number of rotatable bonds is 3. The minimum Gasteiger partial charge on any atom is -0.450 e. The molecule has 152 valence electrons. The van der Waals surface area contributed by atoms with E-state index in [1.54, 1.807) is 19.9 Å². The van der Waals surface area contributed by atoms with Crippen LogP contribution in [-0.4, -0.2) is 23.1 Å². The van der Waals surface area contributed by atoms with Gasteiger partial charge < -0.3 is 4.74 Å². The Morgan fingerprint density at radius 2 is 1.86 bits per heavy atom. The molecule has 0 saturated heterocycles. The lowest BCUT2D eigenvalue weighted by molar-refractivity contribution is -0.188. The van der Waals surface area contributed by atoms with E-state index in [0.717, 1.165) is 32.1 Å². The van der Waals surface area contributed by atoms with E-state index in [1.807, 2.05) is 6.08 Å². The lowest BCUT2D eigenvalue weighted by Crippen LogP contribution is -2.58. The van der Waals surface area contributed by atoms with E-state index >= 15 is 0 Å². The molecule has 0 aromatic rings. The van der Waals surface area contributed by atoms with Crippen LogP contribution in [0.3, 0.4) is 0 Å². The number of esters is 1. The number of ketones is 2. The van der Waals surface area contributed by atoms with Crippen LogP contribution in [0.5, 0.6) is 0 Å². The molecule has 0 heterocycles. The number of ether oxygens (including phenoxy) is 1. The van der Waals surface area contributed by atoms with Gasteiger partial charge in [-0.05, 0) is 75.4 Å². The van der Waals surface area contributed by atoms with Crippen molar-refractivity contribution in [3.05, 3.63) is 23.8 Å². The van der Waals surface area contributed by atoms with Crippen LogP contribution < -0.4 is 0 Å². The second-order valence-corrected chi connectivity index (χ2v) is 9.81. The molecule has 0 aromatic carbocycles. The maximum absolute atomic E-state index is 12.8. The lowest BCUT2D eigenvalue weighted by Gasteiger charge is -2.58. The van der Waals surface area contributed by atoms with E-state index in [9.17, 15) is 14.4 Å². The smallest absolute Gasteiger partial charge is 0.306 e. The Morgan fingerprint density at radius 3 is 2.54 bits per heavy atom. The first-order valence-electron chi connectivity index (χ1n) is 10.8. The molecule has 4 heteroatoms. The fourth-order valence-corrected chi connectivity index (χ4v) is 7.28. The van der Waals surface area contributed by atoms with Gasteiger partial charge in [0.15, 0.2) is 17.2 Å². The van der Waals surface area contributed by atoms with Crippen molar-refractivity contribution >= 4 is 17.5 Å². The maximum atomic E-state index is 12.8. The van der Waals surface area contributed by atoms with Gasteiger partial charge in [0.2, 0.25) is 0 Å². The molecule has 0 radical (unpaired) electrons. The zero-order chi connectivity index (χ0) is 20.3. The quantitative estimate of drug-likeness (QED) is 0.669. The highest BCUT2D eigenvalue weighted by Gasteiger charge is 2.67. The summed E-state index contributed by atoms with van der Waals surface area (Å²) in [6.45, 7) is 7.86. The molecule has 6 atom stereocenters. The molecule has 0 aliphatic heterocycles. The van der Waals surface area contributed by atoms with Crippen LogP contribution in [0.15, 0.2) is 23.8 Å². The van der Waals surface area contributed by atoms with Crippen molar-refractivity contribution in [2.24, 2.45) is 28.6 Å². The van der Waals surface area contributed by atoms with E-state index in [4.69, 9.17) is 4.74 Å². The highest BCUT2D eigenvalue weighted by molar-refractivity contribution is 6.01. The van der Waals surface area contributed by atoms with Gasteiger partial charge in [0, 0.05) is 17.3 Å². The number of carbonyl (C=O) groups is 3. The summed E-state index contributed by atoms with van der Waals surface area (Å²) in [4.78, 5) is 37.0. The molecule has 3 saturated carbocycles. The monoisotopic (exact) mass is 384 g/mol. The summed E-state index contributed by atoms with van der Waals surface area (Å²) in [5, 5.41) is 0. The average Bonchev–Trinajstić information content (AvgIpc) is 2.95.